The van der Waals surface area contributed by atoms with Crippen LogP contribution in [-0.2, 0) is 4.79 Å². The highest BCUT2D eigenvalue weighted by Gasteiger charge is 2.29. The lowest BCUT2D eigenvalue weighted by Crippen LogP contribution is -2.55. The van der Waals surface area contributed by atoms with Crippen molar-refractivity contribution in [2.24, 2.45) is 0 Å². The predicted octanol–water partition coefficient (Wildman–Crippen LogP) is 1.42. The number of piperazine rings is 1. The smallest absolute Gasteiger partial charge is 0.335 e. The van der Waals surface area contributed by atoms with E-state index in [2.05, 4.69) is 10.3 Å². The van der Waals surface area contributed by atoms with Gasteiger partial charge in [0, 0.05) is 30.3 Å². The largest absolute Gasteiger partial charge is 0.481 e. The Morgan fingerprint density at radius 1 is 1.22 bits per heavy atom. The molecule has 0 aliphatic carbocycles. The van der Waals surface area contributed by atoms with Gasteiger partial charge < -0.3 is 20.1 Å². The molecule has 8 nitrogen and oxygen atoms in total. The van der Waals surface area contributed by atoms with Crippen molar-refractivity contribution in [1.29, 1.82) is 0 Å². The van der Waals surface area contributed by atoms with Crippen molar-refractivity contribution >= 4 is 17.8 Å². The summed E-state index contributed by atoms with van der Waals surface area (Å²) in [6.45, 7) is 2.57. The molecular formula is C19H19N3O5. The molecule has 0 bridgehead atoms. The van der Waals surface area contributed by atoms with Crippen LogP contribution in [0.1, 0.15) is 27.6 Å². The number of hydrogen-bond donors (Lipinski definition) is 2. The second-order valence-corrected chi connectivity index (χ2v) is 6.13. The number of hydrogen-bond acceptors (Lipinski definition) is 5. The number of nitrogens with zero attached hydrogens (tertiary/aromatic N) is 2. The fourth-order valence-electron chi connectivity index (χ4n) is 2.89. The average Bonchev–Trinajstić information content (AvgIpc) is 2.69. The van der Waals surface area contributed by atoms with Crippen molar-refractivity contribution in [2.75, 3.05) is 20.2 Å². The summed E-state index contributed by atoms with van der Waals surface area (Å²) in [6, 6.07) is 8.91. The number of ether oxygens (including phenoxy) is 1. The van der Waals surface area contributed by atoms with Gasteiger partial charge in [0.1, 0.15) is 6.04 Å². The highest BCUT2D eigenvalue weighted by Crippen LogP contribution is 2.23. The Morgan fingerprint density at radius 3 is 2.56 bits per heavy atom. The third-order valence-electron chi connectivity index (χ3n) is 4.45. The van der Waals surface area contributed by atoms with Crippen LogP contribution in [0.4, 0.5) is 0 Å². The first-order chi connectivity index (χ1) is 12.9. The van der Waals surface area contributed by atoms with E-state index in [0.29, 0.717) is 29.9 Å². The number of aromatic carboxylic acids is 1. The molecule has 27 heavy (non-hydrogen) atoms. The molecule has 0 spiro atoms. The highest BCUT2D eigenvalue weighted by molar-refractivity contribution is 5.98. The van der Waals surface area contributed by atoms with Crippen LogP contribution in [0, 0.1) is 0 Å². The van der Waals surface area contributed by atoms with Crippen molar-refractivity contribution in [3.63, 3.8) is 0 Å². The number of amides is 2. The standard InChI is InChI=1S/C19H19N3O5/c1-11-17(23)20-7-8-22(11)18(24)13-5-3-12(4-6-13)15-9-14(19(25)26)10-16(21-15)27-2/h3-6,9-11H,7-8H2,1-2H3,(H,20,23)(H,25,26)/t11-/m1/s1. The lowest BCUT2D eigenvalue weighted by Gasteiger charge is -2.32. The van der Waals surface area contributed by atoms with Crippen LogP contribution >= 0.6 is 0 Å². The monoisotopic (exact) mass is 369 g/mol. The van der Waals surface area contributed by atoms with Gasteiger partial charge in [0.2, 0.25) is 11.8 Å². The van der Waals surface area contributed by atoms with E-state index in [1.54, 1.807) is 31.2 Å². The SMILES string of the molecule is COc1cc(C(=O)O)cc(-c2ccc(C(=O)N3CCNC(=O)[C@H]3C)cc2)n1. The molecule has 3 rings (SSSR count). The summed E-state index contributed by atoms with van der Waals surface area (Å²) in [5.74, 6) is -1.29. The number of aromatic nitrogens is 1. The molecule has 1 atom stereocenters. The quantitative estimate of drug-likeness (QED) is 0.844. The van der Waals surface area contributed by atoms with E-state index in [1.807, 2.05) is 0 Å². The van der Waals surface area contributed by atoms with E-state index in [-0.39, 0.29) is 23.3 Å². The van der Waals surface area contributed by atoms with Crippen LogP contribution < -0.4 is 10.1 Å². The molecule has 1 aliphatic heterocycles. The number of carbonyl (C=O) groups excluding carboxylic acids is 2. The van der Waals surface area contributed by atoms with Crippen molar-refractivity contribution < 1.29 is 24.2 Å². The van der Waals surface area contributed by atoms with Crippen molar-refractivity contribution in [1.82, 2.24) is 15.2 Å². The van der Waals surface area contributed by atoms with Gasteiger partial charge in [0.05, 0.1) is 18.4 Å². The topological polar surface area (TPSA) is 109 Å². The van der Waals surface area contributed by atoms with Crippen LogP contribution in [0.15, 0.2) is 36.4 Å². The molecule has 1 saturated heterocycles. The van der Waals surface area contributed by atoms with Gasteiger partial charge in [-0.25, -0.2) is 9.78 Å². The van der Waals surface area contributed by atoms with Gasteiger partial charge in [0.15, 0.2) is 0 Å². The van der Waals surface area contributed by atoms with Crippen molar-refractivity contribution in [3.8, 4) is 17.1 Å². The number of nitrogens with one attached hydrogen (secondary N) is 1. The minimum absolute atomic E-state index is 0.0603. The van der Waals surface area contributed by atoms with Crippen LogP contribution in [0.3, 0.4) is 0 Å². The molecule has 140 valence electrons. The number of carboxylic acid groups (broad SMARTS) is 1. The Labute approximate surface area is 155 Å². The molecule has 2 N–H and O–H groups in total. The summed E-state index contributed by atoms with van der Waals surface area (Å²) in [5, 5.41) is 11.9. The summed E-state index contributed by atoms with van der Waals surface area (Å²) >= 11 is 0. The Balaban J connectivity index is 1.87. The van der Waals surface area contributed by atoms with E-state index in [4.69, 9.17) is 4.74 Å². The fourth-order valence-corrected chi connectivity index (χ4v) is 2.89. The number of carboxylic acids is 1. The third kappa shape index (κ3) is 3.74. The van der Waals surface area contributed by atoms with Gasteiger partial charge in [-0.3, -0.25) is 9.59 Å². The lowest BCUT2D eigenvalue weighted by atomic mass is 10.0. The molecule has 0 radical (unpaired) electrons. The highest BCUT2D eigenvalue weighted by atomic mass is 16.5. The molecule has 2 amide bonds. The second kappa shape index (κ2) is 7.45. The second-order valence-electron chi connectivity index (χ2n) is 6.13. The van der Waals surface area contributed by atoms with Crippen LogP contribution in [-0.4, -0.2) is 59.0 Å². The molecule has 1 fully saturated rings. The summed E-state index contributed by atoms with van der Waals surface area (Å²) < 4.78 is 5.06. The summed E-state index contributed by atoms with van der Waals surface area (Å²) in [5.41, 5.74) is 1.58. The maximum atomic E-state index is 12.7. The average molecular weight is 369 g/mol. The van der Waals surface area contributed by atoms with Crippen LogP contribution in [0.2, 0.25) is 0 Å². The van der Waals surface area contributed by atoms with E-state index >= 15 is 0 Å². The molecule has 2 aromatic rings. The van der Waals surface area contributed by atoms with Crippen molar-refractivity contribution in [3.05, 3.63) is 47.5 Å². The van der Waals surface area contributed by atoms with E-state index in [9.17, 15) is 19.5 Å². The predicted molar refractivity (Wildman–Crippen MR) is 96.7 cm³/mol. The van der Waals surface area contributed by atoms with Gasteiger partial charge in [-0.1, -0.05) is 12.1 Å². The Bertz CT molecular complexity index is 895. The molecule has 2 heterocycles. The summed E-state index contributed by atoms with van der Waals surface area (Å²) in [4.78, 5) is 41.5. The molecule has 1 aliphatic rings. The Hall–Kier alpha value is -3.42. The van der Waals surface area contributed by atoms with Gasteiger partial charge in [-0.2, -0.15) is 0 Å². The van der Waals surface area contributed by atoms with Crippen molar-refractivity contribution in [2.45, 2.75) is 13.0 Å². The Morgan fingerprint density at radius 2 is 1.93 bits per heavy atom. The third-order valence-corrected chi connectivity index (χ3v) is 4.45. The molecule has 1 aromatic carbocycles. The van der Waals surface area contributed by atoms with E-state index in [0.717, 1.165) is 0 Å². The van der Waals surface area contributed by atoms with E-state index < -0.39 is 12.0 Å². The summed E-state index contributed by atoms with van der Waals surface area (Å²) in [6.07, 6.45) is 0. The zero-order chi connectivity index (χ0) is 19.6. The number of benzene rings is 1. The van der Waals surface area contributed by atoms with Gasteiger partial charge in [-0.05, 0) is 25.1 Å². The normalized spacial score (nSPS) is 16.6. The lowest BCUT2D eigenvalue weighted by molar-refractivity contribution is -0.127. The van der Waals surface area contributed by atoms with E-state index in [1.165, 1.54) is 24.1 Å². The first-order valence-corrected chi connectivity index (χ1v) is 8.39. The summed E-state index contributed by atoms with van der Waals surface area (Å²) in [7, 11) is 1.41. The number of pyridine rings is 1. The van der Waals surface area contributed by atoms with Gasteiger partial charge in [0.25, 0.3) is 5.91 Å². The minimum Gasteiger partial charge on any atom is -0.481 e. The Kier molecular flexibility index (Phi) is 5.07. The number of methoxy groups -OCH3 is 1. The molecule has 0 saturated carbocycles. The minimum atomic E-state index is -1.08. The zero-order valence-corrected chi connectivity index (χ0v) is 14.9. The van der Waals surface area contributed by atoms with Crippen LogP contribution in [0.5, 0.6) is 5.88 Å². The maximum Gasteiger partial charge on any atom is 0.335 e. The van der Waals surface area contributed by atoms with Crippen LogP contribution in [0.25, 0.3) is 11.3 Å². The maximum absolute atomic E-state index is 12.7. The zero-order valence-electron chi connectivity index (χ0n) is 14.9. The number of rotatable bonds is 4. The first-order valence-electron chi connectivity index (χ1n) is 8.39. The molecule has 0 unspecified atom stereocenters. The van der Waals surface area contributed by atoms with Gasteiger partial charge in [-0.15, -0.1) is 0 Å². The first kappa shape index (κ1) is 18.4. The fraction of sp³-hybridized carbons (Fsp3) is 0.263. The molecule has 8 heteroatoms. The number of carbonyl (C=O) groups is 3. The molecule has 1 aromatic heterocycles. The van der Waals surface area contributed by atoms with Gasteiger partial charge >= 0.3 is 5.97 Å². The molecular weight excluding hydrogens is 350 g/mol.